The Balaban J connectivity index is 1.65. The summed E-state index contributed by atoms with van der Waals surface area (Å²) in [6, 6.07) is 7.09. The van der Waals surface area contributed by atoms with Gasteiger partial charge < -0.3 is 14.6 Å². The molecule has 3 rings (SSSR count). The predicted octanol–water partition coefficient (Wildman–Crippen LogP) is 0.148. The lowest BCUT2D eigenvalue weighted by Gasteiger charge is -2.26. The zero-order valence-corrected chi connectivity index (χ0v) is 15.2. The van der Waals surface area contributed by atoms with E-state index in [1.54, 1.807) is 12.1 Å². The molecule has 8 heteroatoms. The van der Waals surface area contributed by atoms with Crippen LogP contribution in [0.4, 0.5) is 0 Å². The van der Waals surface area contributed by atoms with Crippen LogP contribution in [0.3, 0.4) is 0 Å². The van der Waals surface area contributed by atoms with Crippen molar-refractivity contribution in [3.63, 3.8) is 0 Å². The molecule has 0 bridgehead atoms. The first-order valence-corrected chi connectivity index (χ1v) is 10.1. The Morgan fingerprint density at radius 1 is 1.04 bits per heavy atom. The third-order valence-corrected chi connectivity index (χ3v) is 6.53. The second kappa shape index (κ2) is 8.57. The topological polar surface area (TPSA) is 79.3 Å². The van der Waals surface area contributed by atoms with Crippen LogP contribution in [-0.4, -0.2) is 81.9 Å². The van der Waals surface area contributed by atoms with Gasteiger partial charge in [-0.1, -0.05) is 12.1 Å². The number of ether oxygens (including phenoxy) is 2. The van der Waals surface area contributed by atoms with E-state index >= 15 is 0 Å². The monoisotopic (exact) mass is 370 g/mol. The maximum Gasteiger partial charge on any atom is 0.243 e. The number of hydrogen-bond donors (Lipinski definition) is 1. The molecule has 1 atom stereocenters. The van der Waals surface area contributed by atoms with Crippen molar-refractivity contribution < 1.29 is 23.0 Å². The van der Waals surface area contributed by atoms with Crippen LogP contribution in [0.5, 0.6) is 0 Å². The van der Waals surface area contributed by atoms with Crippen LogP contribution in [0.25, 0.3) is 0 Å². The summed E-state index contributed by atoms with van der Waals surface area (Å²) in [6.45, 7) is 5.37. The quantitative estimate of drug-likeness (QED) is 0.795. The van der Waals surface area contributed by atoms with Crippen LogP contribution in [0.15, 0.2) is 29.2 Å². The predicted molar refractivity (Wildman–Crippen MR) is 92.7 cm³/mol. The minimum atomic E-state index is -3.44. The van der Waals surface area contributed by atoms with Crippen molar-refractivity contribution in [3.05, 3.63) is 29.8 Å². The van der Waals surface area contributed by atoms with Gasteiger partial charge in [0.1, 0.15) is 0 Å². The van der Waals surface area contributed by atoms with Crippen molar-refractivity contribution in [3.8, 4) is 0 Å². The largest absolute Gasteiger partial charge is 0.396 e. The van der Waals surface area contributed by atoms with Crippen LogP contribution >= 0.6 is 0 Å². The van der Waals surface area contributed by atoms with Crippen LogP contribution in [0.2, 0.25) is 0 Å². The van der Waals surface area contributed by atoms with E-state index in [-0.39, 0.29) is 12.5 Å². The molecule has 0 aliphatic carbocycles. The second-order valence-electron chi connectivity index (χ2n) is 6.52. The van der Waals surface area contributed by atoms with E-state index in [4.69, 9.17) is 9.47 Å². The number of aliphatic hydroxyl groups is 1. The van der Waals surface area contributed by atoms with Crippen molar-refractivity contribution in [2.45, 2.75) is 11.4 Å². The van der Waals surface area contributed by atoms with Gasteiger partial charge in [0.05, 0.1) is 31.3 Å². The highest BCUT2D eigenvalue weighted by molar-refractivity contribution is 7.89. The molecule has 0 saturated carbocycles. The molecule has 1 aromatic carbocycles. The summed E-state index contributed by atoms with van der Waals surface area (Å²) in [4.78, 5) is 2.56. The van der Waals surface area contributed by atoms with Gasteiger partial charge in [0.2, 0.25) is 10.0 Å². The van der Waals surface area contributed by atoms with Gasteiger partial charge in [-0.05, 0) is 17.7 Å². The Labute approximate surface area is 149 Å². The number of nitrogens with zero attached hydrogens (tertiary/aromatic N) is 2. The van der Waals surface area contributed by atoms with E-state index in [0.29, 0.717) is 44.4 Å². The highest BCUT2D eigenvalue weighted by Gasteiger charge is 2.26. The van der Waals surface area contributed by atoms with Gasteiger partial charge in [0.25, 0.3) is 0 Å². The first-order valence-electron chi connectivity index (χ1n) is 8.67. The normalized spacial score (nSPS) is 24.1. The van der Waals surface area contributed by atoms with Crippen molar-refractivity contribution in [2.24, 2.45) is 5.92 Å². The summed E-state index contributed by atoms with van der Waals surface area (Å²) in [6.07, 6.45) is 0. The molecule has 0 spiro atoms. The van der Waals surface area contributed by atoms with Gasteiger partial charge >= 0.3 is 0 Å². The van der Waals surface area contributed by atoms with Gasteiger partial charge in [-0.2, -0.15) is 4.31 Å². The Morgan fingerprint density at radius 2 is 1.72 bits per heavy atom. The Morgan fingerprint density at radius 3 is 2.40 bits per heavy atom. The fourth-order valence-corrected chi connectivity index (χ4v) is 4.58. The molecule has 2 aliphatic heterocycles. The summed E-state index contributed by atoms with van der Waals surface area (Å²) in [5, 5.41) is 9.36. The molecule has 0 radical (unpaired) electrons. The summed E-state index contributed by atoms with van der Waals surface area (Å²) < 4.78 is 37.5. The van der Waals surface area contributed by atoms with Crippen molar-refractivity contribution >= 4 is 10.0 Å². The second-order valence-corrected chi connectivity index (χ2v) is 8.46. The van der Waals surface area contributed by atoms with Crippen LogP contribution in [0.1, 0.15) is 5.56 Å². The first kappa shape index (κ1) is 18.8. The van der Waals surface area contributed by atoms with Crippen LogP contribution in [0, 0.1) is 5.92 Å². The first-order chi connectivity index (χ1) is 12.1. The van der Waals surface area contributed by atoms with E-state index in [1.165, 1.54) is 4.31 Å². The Hall–Kier alpha value is -1.03. The molecule has 0 unspecified atom stereocenters. The van der Waals surface area contributed by atoms with Gasteiger partial charge in [-0.3, -0.25) is 4.90 Å². The fraction of sp³-hybridized carbons (Fsp3) is 0.647. The van der Waals surface area contributed by atoms with Crippen molar-refractivity contribution in [2.75, 3.05) is 59.2 Å². The lowest BCUT2D eigenvalue weighted by atomic mass is 10.1. The van der Waals surface area contributed by atoms with E-state index in [9.17, 15) is 13.5 Å². The number of hydrogen-bond acceptors (Lipinski definition) is 6. The lowest BCUT2D eigenvalue weighted by Crippen LogP contribution is -2.40. The summed E-state index contributed by atoms with van der Waals surface area (Å²) in [5.74, 6) is 0.128. The smallest absolute Gasteiger partial charge is 0.243 e. The molecule has 0 amide bonds. The summed E-state index contributed by atoms with van der Waals surface area (Å²) >= 11 is 0. The van der Waals surface area contributed by atoms with E-state index < -0.39 is 10.0 Å². The van der Waals surface area contributed by atoms with Crippen molar-refractivity contribution in [1.82, 2.24) is 9.21 Å². The number of morpholine rings is 1. The highest BCUT2D eigenvalue weighted by atomic mass is 32.2. The van der Waals surface area contributed by atoms with Crippen LogP contribution < -0.4 is 0 Å². The zero-order chi connectivity index (χ0) is 17.7. The third-order valence-electron chi connectivity index (χ3n) is 4.62. The summed E-state index contributed by atoms with van der Waals surface area (Å²) in [5.41, 5.74) is 1.06. The average Bonchev–Trinajstić information content (AvgIpc) is 2.88. The van der Waals surface area contributed by atoms with Gasteiger partial charge in [-0.15, -0.1) is 0 Å². The molecule has 1 N–H and O–H groups in total. The molecule has 2 heterocycles. The number of rotatable bonds is 5. The molecule has 25 heavy (non-hydrogen) atoms. The minimum Gasteiger partial charge on any atom is -0.396 e. The lowest BCUT2D eigenvalue weighted by molar-refractivity contribution is 0.0730. The fourth-order valence-electron chi connectivity index (χ4n) is 3.17. The molecule has 2 saturated heterocycles. The van der Waals surface area contributed by atoms with E-state index in [0.717, 1.165) is 25.2 Å². The average molecular weight is 370 g/mol. The standard InChI is InChI=1S/C17H26N2O5S/c20-13-16-12-18(5-8-24-14-16)11-15-1-3-17(4-2-15)25(21,22)19-6-9-23-10-7-19/h1-4,16,20H,5-14H2/t16-/m0/s1. The molecule has 7 nitrogen and oxygen atoms in total. The highest BCUT2D eigenvalue weighted by Crippen LogP contribution is 2.19. The molecule has 0 aromatic heterocycles. The summed E-state index contributed by atoms with van der Waals surface area (Å²) in [7, 11) is -3.44. The Bertz CT molecular complexity index is 644. The zero-order valence-electron chi connectivity index (χ0n) is 14.3. The van der Waals surface area contributed by atoms with E-state index in [2.05, 4.69) is 4.90 Å². The molecular formula is C17H26N2O5S. The minimum absolute atomic E-state index is 0.118. The number of benzene rings is 1. The SMILES string of the molecule is O=S(=O)(c1ccc(CN2CCOC[C@H](CO)C2)cc1)N1CCOCC1. The van der Waals surface area contributed by atoms with E-state index in [1.807, 2.05) is 12.1 Å². The maximum atomic E-state index is 12.6. The van der Waals surface area contributed by atoms with Crippen LogP contribution in [-0.2, 0) is 26.0 Å². The number of aliphatic hydroxyl groups excluding tert-OH is 1. The van der Waals surface area contributed by atoms with Crippen molar-refractivity contribution in [1.29, 1.82) is 0 Å². The third kappa shape index (κ3) is 4.78. The van der Waals surface area contributed by atoms with Gasteiger partial charge in [-0.25, -0.2) is 8.42 Å². The number of sulfonamides is 1. The molecule has 2 aliphatic rings. The van der Waals surface area contributed by atoms with Gasteiger partial charge in [0.15, 0.2) is 0 Å². The Kier molecular flexibility index (Phi) is 6.43. The molecule has 2 fully saturated rings. The molecular weight excluding hydrogens is 344 g/mol. The molecule has 140 valence electrons. The van der Waals surface area contributed by atoms with Gasteiger partial charge in [0, 0.05) is 45.2 Å². The molecule has 1 aromatic rings. The maximum absolute atomic E-state index is 12.6.